The van der Waals surface area contributed by atoms with Gasteiger partial charge in [-0.25, -0.2) is 21.1 Å². The molecule has 0 unspecified atom stereocenters. The quantitative estimate of drug-likeness (QED) is 0.452. The van der Waals surface area contributed by atoms with Gasteiger partial charge in [0.2, 0.25) is 20.0 Å². The van der Waals surface area contributed by atoms with Crippen molar-refractivity contribution in [2.75, 3.05) is 46.2 Å². The van der Waals surface area contributed by atoms with Gasteiger partial charge in [0.1, 0.15) is 11.5 Å². The monoisotopic (exact) mass is 563 g/mol. The fourth-order valence-corrected chi connectivity index (χ4v) is 8.71. The van der Waals surface area contributed by atoms with Crippen LogP contribution in [0.5, 0.6) is 11.5 Å². The van der Waals surface area contributed by atoms with Gasteiger partial charge in [0, 0.05) is 53.8 Å². The van der Waals surface area contributed by atoms with Gasteiger partial charge in [0.05, 0.1) is 37.5 Å². The first-order valence-electron chi connectivity index (χ1n) is 12.5. The highest BCUT2D eigenvalue weighted by Crippen LogP contribution is 2.50. The van der Waals surface area contributed by atoms with E-state index in [1.54, 1.807) is 26.2 Å². The van der Waals surface area contributed by atoms with Gasteiger partial charge in [0.25, 0.3) is 0 Å². The lowest BCUT2D eigenvalue weighted by Crippen LogP contribution is -2.55. The minimum atomic E-state index is -4.05. The Kier molecular flexibility index (Phi) is 6.97. The largest absolute Gasteiger partial charge is 0.497 e. The van der Waals surface area contributed by atoms with Crippen molar-refractivity contribution in [2.24, 2.45) is 0 Å². The molecule has 1 fully saturated rings. The summed E-state index contributed by atoms with van der Waals surface area (Å²) in [7, 11) is -4.38. The average Bonchev–Trinajstić information content (AvgIpc) is 3.33. The van der Waals surface area contributed by atoms with E-state index < -0.39 is 38.1 Å². The lowest BCUT2D eigenvalue weighted by atomic mass is 9.69. The van der Waals surface area contributed by atoms with Gasteiger partial charge in [-0.1, -0.05) is 6.07 Å². The first-order chi connectivity index (χ1) is 18.1. The molecule has 0 bridgehead atoms. The van der Waals surface area contributed by atoms with E-state index in [1.807, 2.05) is 18.2 Å². The Morgan fingerprint density at radius 2 is 1.71 bits per heavy atom. The highest BCUT2D eigenvalue weighted by molar-refractivity contribution is 7.89. The molecule has 0 radical (unpaired) electrons. The van der Waals surface area contributed by atoms with E-state index in [2.05, 4.69) is 4.98 Å². The van der Waals surface area contributed by atoms with Crippen LogP contribution in [-0.4, -0.2) is 81.8 Å². The first-order valence-corrected chi connectivity index (χ1v) is 15.6. The number of aliphatic hydroxyl groups is 1. The van der Waals surface area contributed by atoms with Gasteiger partial charge in [0.15, 0.2) is 0 Å². The number of aromatic amines is 1. The Hall–Kier alpha value is -2.64. The van der Waals surface area contributed by atoms with Crippen LogP contribution < -0.4 is 9.47 Å². The van der Waals surface area contributed by atoms with Crippen LogP contribution in [0.25, 0.3) is 10.9 Å². The van der Waals surface area contributed by atoms with Gasteiger partial charge < -0.3 is 19.6 Å². The predicted molar refractivity (Wildman–Crippen MR) is 144 cm³/mol. The molecule has 0 amide bonds. The van der Waals surface area contributed by atoms with E-state index in [0.29, 0.717) is 30.0 Å². The maximum atomic E-state index is 14.1. The van der Waals surface area contributed by atoms with E-state index in [4.69, 9.17) is 9.47 Å². The summed E-state index contributed by atoms with van der Waals surface area (Å²) in [6.07, 6.45) is 0.890. The summed E-state index contributed by atoms with van der Waals surface area (Å²) < 4.78 is 66.9. The summed E-state index contributed by atoms with van der Waals surface area (Å²) >= 11 is 0. The second-order valence-electron chi connectivity index (χ2n) is 9.83. The summed E-state index contributed by atoms with van der Waals surface area (Å²) in [6.45, 7) is 1.89. The summed E-state index contributed by atoms with van der Waals surface area (Å²) in [5, 5.41) is 11.5. The number of rotatable bonds is 7. The van der Waals surface area contributed by atoms with Crippen molar-refractivity contribution in [1.29, 1.82) is 0 Å². The summed E-state index contributed by atoms with van der Waals surface area (Å²) in [5.41, 5.74) is 1.69. The normalized spacial score (nSPS) is 20.5. The fourth-order valence-electron chi connectivity index (χ4n) is 5.89. The van der Waals surface area contributed by atoms with E-state index in [-0.39, 0.29) is 30.3 Å². The lowest BCUT2D eigenvalue weighted by molar-refractivity contribution is 0.117. The molecule has 0 saturated carbocycles. The van der Waals surface area contributed by atoms with E-state index >= 15 is 0 Å². The van der Waals surface area contributed by atoms with Crippen molar-refractivity contribution in [3.63, 3.8) is 0 Å². The van der Waals surface area contributed by atoms with Crippen molar-refractivity contribution in [3.05, 3.63) is 53.7 Å². The molecule has 10 nitrogen and oxygen atoms in total. The van der Waals surface area contributed by atoms with Gasteiger partial charge in [-0.2, -0.15) is 4.31 Å². The van der Waals surface area contributed by atoms with Gasteiger partial charge in [-0.05, 0) is 49.6 Å². The third kappa shape index (κ3) is 4.28. The molecule has 0 aliphatic carbocycles. The molecule has 2 N–H and O–H groups in total. The molecule has 1 aromatic heterocycles. The number of piperidine rings is 1. The van der Waals surface area contributed by atoms with Crippen molar-refractivity contribution in [2.45, 2.75) is 36.1 Å². The van der Waals surface area contributed by atoms with Crippen LogP contribution >= 0.6 is 0 Å². The molecule has 3 heterocycles. The van der Waals surface area contributed by atoms with E-state index in [0.717, 1.165) is 16.5 Å². The maximum absolute atomic E-state index is 14.1. The van der Waals surface area contributed by atoms with Crippen molar-refractivity contribution >= 4 is 30.9 Å². The standard InChI is InChI=1S/C26H33N3O7S2/c1-4-37(31,32)28-12-10-26(11-13-28)17-29(38(33,34)20-7-5-6-18(14-20)35-2)23(16-30)25-24(26)21-9-8-19(36-3)15-22(21)27-25/h5-9,14-15,23,27,30H,4,10-13,16-17H2,1-3H3/t23-/m1/s1. The number of aromatic nitrogens is 1. The second-order valence-corrected chi connectivity index (χ2v) is 14.0. The smallest absolute Gasteiger partial charge is 0.243 e. The number of methoxy groups -OCH3 is 2. The Bertz CT molecular complexity index is 1560. The molecule has 2 aromatic carbocycles. The number of nitrogens with one attached hydrogen (secondary N) is 1. The van der Waals surface area contributed by atoms with Gasteiger partial charge in [-0.3, -0.25) is 0 Å². The highest BCUT2D eigenvalue weighted by atomic mass is 32.2. The number of benzene rings is 2. The molecule has 5 rings (SSSR count). The molecule has 1 saturated heterocycles. The van der Waals surface area contributed by atoms with Crippen LogP contribution in [0.3, 0.4) is 0 Å². The number of H-pyrrole nitrogens is 1. The minimum Gasteiger partial charge on any atom is -0.497 e. The third-order valence-electron chi connectivity index (χ3n) is 7.96. The van der Waals surface area contributed by atoms with Gasteiger partial charge >= 0.3 is 0 Å². The summed E-state index contributed by atoms with van der Waals surface area (Å²) in [6, 6.07) is 11.1. The second kappa shape index (κ2) is 9.83. The summed E-state index contributed by atoms with van der Waals surface area (Å²) in [5.74, 6) is 1.08. The van der Waals surface area contributed by atoms with Crippen LogP contribution in [0.4, 0.5) is 0 Å². The van der Waals surface area contributed by atoms with Crippen LogP contribution in [0, 0.1) is 0 Å². The van der Waals surface area contributed by atoms with Crippen LogP contribution in [-0.2, 0) is 25.5 Å². The Labute approximate surface area is 223 Å². The number of ether oxygens (including phenoxy) is 2. The zero-order valence-electron chi connectivity index (χ0n) is 21.7. The highest BCUT2D eigenvalue weighted by Gasteiger charge is 2.51. The average molecular weight is 564 g/mol. The number of aliphatic hydroxyl groups excluding tert-OH is 1. The Balaban J connectivity index is 1.68. The fraction of sp³-hybridized carbons (Fsp3) is 0.462. The van der Waals surface area contributed by atoms with Crippen molar-refractivity contribution in [1.82, 2.24) is 13.6 Å². The van der Waals surface area contributed by atoms with E-state index in [9.17, 15) is 21.9 Å². The third-order valence-corrected chi connectivity index (χ3v) is 11.7. The number of hydrogen-bond acceptors (Lipinski definition) is 7. The van der Waals surface area contributed by atoms with Gasteiger partial charge in [-0.15, -0.1) is 0 Å². The topological polar surface area (TPSA) is 129 Å². The van der Waals surface area contributed by atoms with Crippen molar-refractivity contribution < 1.29 is 31.4 Å². The molecule has 206 valence electrons. The Morgan fingerprint density at radius 3 is 2.34 bits per heavy atom. The molecular formula is C26H33N3O7S2. The molecular weight excluding hydrogens is 530 g/mol. The van der Waals surface area contributed by atoms with Crippen molar-refractivity contribution in [3.8, 4) is 11.5 Å². The summed E-state index contributed by atoms with van der Waals surface area (Å²) in [4.78, 5) is 3.46. The number of hydrogen-bond donors (Lipinski definition) is 2. The molecule has 12 heteroatoms. The Morgan fingerprint density at radius 1 is 1.03 bits per heavy atom. The molecule has 1 atom stereocenters. The lowest BCUT2D eigenvalue weighted by Gasteiger charge is -2.49. The number of fused-ring (bicyclic) bond motifs is 4. The molecule has 1 spiro atoms. The number of nitrogens with zero attached hydrogens (tertiary/aromatic N) is 2. The maximum Gasteiger partial charge on any atom is 0.243 e. The zero-order chi connectivity index (χ0) is 27.3. The zero-order valence-corrected chi connectivity index (χ0v) is 23.3. The van der Waals surface area contributed by atoms with Crippen LogP contribution in [0.2, 0.25) is 0 Å². The van der Waals surface area contributed by atoms with Crippen LogP contribution in [0.1, 0.15) is 37.1 Å². The SMILES string of the molecule is CCS(=O)(=O)N1CCC2(CC1)CN(S(=O)(=O)c1cccc(OC)c1)[C@H](CO)c1[nH]c3cc(OC)ccc3c12. The molecule has 38 heavy (non-hydrogen) atoms. The first kappa shape index (κ1) is 26.9. The number of sulfonamides is 2. The van der Waals surface area contributed by atoms with Crippen LogP contribution in [0.15, 0.2) is 47.4 Å². The van der Waals surface area contributed by atoms with E-state index in [1.165, 1.54) is 27.9 Å². The molecule has 2 aliphatic heterocycles. The predicted octanol–water partition coefficient (Wildman–Crippen LogP) is 2.61. The molecule has 3 aromatic rings. The minimum absolute atomic E-state index is 0.0149. The molecule has 2 aliphatic rings.